The average Bonchev–Trinajstić information content (AvgIpc) is 3.51. The Morgan fingerprint density at radius 2 is 1.98 bits per heavy atom. The van der Waals surface area contributed by atoms with Gasteiger partial charge in [0.05, 0.1) is 36.5 Å². The second-order valence-corrected chi connectivity index (χ2v) is 11.1. The summed E-state index contributed by atoms with van der Waals surface area (Å²) in [5.41, 5.74) is 0.337. The van der Waals surface area contributed by atoms with E-state index in [1.54, 1.807) is 20.2 Å². The van der Waals surface area contributed by atoms with E-state index in [0.717, 1.165) is 17.5 Å². The highest BCUT2D eigenvalue weighted by Gasteiger charge is 2.43. The molecule has 1 aromatic carbocycles. The third kappa shape index (κ3) is 4.42. The average molecular weight is 555 g/mol. The number of rotatable bonds is 6. The second-order valence-electron chi connectivity index (χ2n) is 11.1. The minimum Gasteiger partial charge on any atom is -0.379 e. The first-order valence-electron chi connectivity index (χ1n) is 13.0. The molecular formula is C27H29F3N8O2. The lowest BCUT2D eigenvalue weighted by Crippen LogP contribution is -2.54. The summed E-state index contributed by atoms with van der Waals surface area (Å²) in [4.78, 5) is 18.0. The lowest BCUT2D eigenvalue weighted by molar-refractivity contribution is -0.141. The number of H-pyrrole nitrogens is 1. The molecule has 13 heteroatoms. The molecule has 0 saturated carbocycles. The van der Waals surface area contributed by atoms with Gasteiger partial charge < -0.3 is 14.6 Å². The molecule has 40 heavy (non-hydrogen) atoms. The van der Waals surface area contributed by atoms with Crippen molar-refractivity contribution in [1.29, 1.82) is 0 Å². The summed E-state index contributed by atoms with van der Waals surface area (Å²) in [6, 6.07) is 8.72. The van der Waals surface area contributed by atoms with Gasteiger partial charge in [0.2, 0.25) is 5.91 Å². The second kappa shape index (κ2) is 9.37. The van der Waals surface area contributed by atoms with Crippen molar-refractivity contribution in [3.8, 4) is 11.3 Å². The highest BCUT2D eigenvalue weighted by atomic mass is 19.4. The van der Waals surface area contributed by atoms with Crippen LogP contribution in [0.25, 0.3) is 22.2 Å². The van der Waals surface area contributed by atoms with E-state index in [0.29, 0.717) is 54.9 Å². The number of ether oxygens (including phenoxy) is 1. The molecule has 0 spiro atoms. The fraction of sp³-hybridized carbons (Fsp3) is 0.444. The van der Waals surface area contributed by atoms with Crippen LogP contribution in [-0.2, 0) is 40.1 Å². The van der Waals surface area contributed by atoms with E-state index in [1.807, 2.05) is 40.8 Å². The molecule has 2 aliphatic rings. The molecule has 0 bridgehead atoms. The summed E-state index contributed by atoms with van der Waals surface area (Å²) in [6.07, 6.45) is -2.41. The van der Waals surface area contributed by atoms with E-state index in [1.165, 1.54) is 0 Å². The number of halogens is 3. The fourth-order valence-electron chi connectivity index (χ4n) is 5.58. The fourth-order valence-corrected chi connectivity index (χ4v) is 5.58. The van der Waals surface area contributed by atoms with Crippen molar-refractivity contribution >= 4 is 16.8 Å². The largest absolute Gasteiger partial charge is 0.433 e. The molecule has 4 aromatic rings. The number of aromatic nitrogens is 6. The maximum absolute atomic E-state index is 14.1. The van der Waals surface area contributed by atoms with E-state index in [4.69, 9.17) is 4.74 Å². The summed E-state index contributed by atoms with van der Waals surface area (Å²) in [7, 11) is 1.89. The molecule has 0 atom stereocenters. The molecule has 0 unspecified atom stereocenters. The van der Waals surface area contributed by atoms with Gasteiger partial charge in [-0.25, -0.2) is 4.98 Å². The zero-order chi connectivity index (χ0) is 28.3. The van der Waals surface area contributed by atoms with Crippen LogP contribution in [-0.4, -0.2) is 73.6 Å². The first kappa shape index (κ1) is 26.4. The number of aryl methyl sites for hydroxylation is 1. The number of amides is 1. The van der Waals surface area contributed by atoms with Crippen molar-refractivity contribution in [1.82, 2.24) is 40.2 Å². The van der Waals surface area contributed by atoms with Crippen LogP contribution < -0.4 is 5.32 Å². The number of benzene rings is 1. The van der Waals surface area contributed by atoms with Crippen LogP contribution in [0, 0.1) is 0 Å². The number of carbonyl (C=O) groups is 1. The van der Waals surface area contributed by atoms with Crippen molar-refractivity contribution in [3.63, 3.8) is 0 Å². The highest BCUT2D eigenvalue weighted by molar-refractivity contribution is 5.95. The minimum absolute atomic E-state index is 0.0606. The van der Waals surface area contributed by atoms with Gasteiger partial charge in [-0.3, -0.25) is 14.8 Å². The van der Waals surface area contributed by atoms with Crippen LogP contribution in [0.2, 0.25) is 0 Å². The van der Waals surface area contributed by atoms with Crippen LogP contribution in [0.15, 0.2) is 36.7 Å². The van der Waals surface area contributed by atoms with Crippen molar-refractivity contribution in [2.75, 3.05) is 32.8 Å². The topological polar surface area (TPSA) is 114 Å². The molecule has 2 saturated heterocycles. The summed E-state index contributed by atoms with van der Waals surface area (Å²) >= 11 is 0. The number of hydrogen-bond acceptors (Lipinski definition) is 7. The molecule has 3 aromatic heterocycles. The van der Waals surface area contributed by atoms with E-state index >= 15 is 0 Å². The SMILES string of the molecule is Cn1cnnc1CC1(c2cccc(-c3n[nH]c4c(C(C)(C)N5CCNC(=O)C5)nc(C(F)(F)F)cc34)c2)COC1. The van der Waals surface area contributed by atoms with Crippen molar-refractivity contribution in [2.45, 2.75) is 37.4 Å². The van der Waals surface area contributed by atoms with Gasteiger partial charge in [0.15, 0.2) is 0 Å². The molecule has 2 N–H and O–H groups in total. The van der Waals surface area contributed by atoms with Gasteiger partial charge in [-0.1, -0.05) is 18.2 Å². The summed E-state index contributed by atoms with van der Waals surface area (Å²) in [5.74, 6) is 0.637. The summed E-state index contributed by atoms with van der Waals surface area (Å²) in [5, 5.41) is 18.7. The molecule has 2 aliphatic heterocycles. The number of aromatic amines is 1. The Labute approximate surface area is 227 Å². The number of piperazine rings is 1. The number of nitrogens with one attached hydrogen (secondary N) is 2. The molecule has 0 aliphatic carbocycles. The van der Waals surface area contributed by atoms with E-state index < -0.39 is 17.4 Å². The number of alkyl halides is 3. The van der Waals surface area contributed by atoms with Crippen LogP contribution in [0.4, 0.5) is 13.2 Å². The van der Waals surface area contributed by atoms with Gasteiger partial charge in [-0.05, 0) is 31.5 Å². The molecule has 5 heterocycles. The third-order valence-electron chi connectivity index (χ3n) is 8.06. The van der Waals surface area contributed by atoms with Crippen LogP contribution >= 0.6 is 0 Å². The van der Waals surface area contributed by atoms with Crippen molar-refractivity contribution in [3.05, 3.63) is 59.4 Å². The van der Waals surface area contributed by atoms with Gasteiger partial charge in [0, 0.05) is 42.9 Å². The number of hydrogen-bond donors (Lipinski definition) is 2. The maximum Gasteiger partial charge on any atom is 0.433 e. The zero-order valence-corrected chi connectivity index (χ0v) is 22.3. The van der Waals surface area contributed by atoms with Crippen LogP contribution in [0.5, 0.6) is 0 Å². The van der Waals surface area contributed by atoms with Crippen molar-refractivity contribution in [2.24, 2.45) is 7.05 Å². The van der Waals surface area contributed by atoms with E-state index in [-0.39, 0.29) is 23.6 Å². The van der Waals surface area contributed by atoms with Crippen LogP contribution in [0.3, 0.4) is 0 Å². The lowest BCUT2D eigenvalue weighted by atomic mass is 9.75. The predicted octanol–water partition coefficient (Wildman–Crippen LogP) is 2.95. The molecule has 0 radical (unpaired) electrons. The standard InChI is InChI=1S/C27H29F3N8O2/c1-25(2,38-8-7-31-21(39)12-38)24-23-18(10-19(33-24)27(28,29)30)22(35-36-23)16-5-4-6-17(9-16)26(13-40-14-26)11-20-34-32-15-37(20)3/h4-6,9-10,15H,7-8,11-14H2,1-3H3,(H,31,39)(H,35,36). The first-order chi connectivity index (χ1) is 19.0. The summed E-state index contributed by atoms with van der Waals surface area (Å²) < 4.78 is 49.8. The Hall–Kier alpha value is -3.84. The Bertz CT molecular complexity index is 1590. The maximum atomic E-state index is 14.1. The number of pyridine rings is 1. The smallest absolute Gasteiger partial charge is 0.379 e. The molecule has 2 fully saturated rings. The molecule has 6 rings (SSSR count). The predicted molar refractivity (Wildman–Crippen MR) is 139 cm³/mol. The lowest BCUT2D eigenvalue weighted by Gasteiger charge is -2.41. The van der Waals surface area contributed by atoms with E-state index in [9.17, 15) is 18.0 Å². The minimum atomic E-state index is -4.67. The monoisotopic (exact) mass is 554 g/mol. The number of carbonyl (C=O) groups excluding carboxylic acids is 1. The molecular weight excluding hydrogens is 525 g/mol. The number of fused-ring (bicyclic) bond motifs is 1. The zero-order valence-electron chi connectivity index (χ0n) is 22.3. The van der Waals surface area contributed by atoms with Gasteiger partial charge in [-0.2, -0.15) is 18.3 Å². The number of nitrogens with zero attached hydrogens (tertiary/aromatic N) is 6. The Kier molecular flexibility index (Phi) is 6.18. The normalized spacial score (nSPS) is 18.1. The quantitative estimate of drug-likeness (QED) is 0.377. The third-order valence-corrected chi connectivity index (χ3v) is 8.06. The van der Waals surface area contributed by atoms with Gasteiger partial charge in [0.25, 0.3) is 0 Å². The first-order valence-corrected chi connectivity index (χ1v) is 13.0. The molecule has 210 valence electrons. The Morgan fingerprint density at radius 1 is 1.18 bits per heavy atom. The van der Waals surface area contributed by atoms with Gasteiger partial charge in [0.1, 0.15) is 23.5 Å². The van der Waals surface area contributed by atoms with E-state index in [2.05, 4.69) is 30.7 Å². The molecule has 1 amide bonds. The Balaban J connectivity index is 1.46. The van der Waals surface area contributed by atoms with Crippen molar-refractivity contribution < 1.29 is 22.7 Å². The van der Waals surface area contributed by atoms with Crippen LogP contribution in [0.1, 0.15) is 36.6 Å². The van der Waals surface area contributed by atoms with Gasteiger partial charge >= 0.3 is 6.18 Å². The van der Waals surface area contributed by atoms with Gasteiger partial charge in [-0.15, -0.1) is 10.2 Å². The Morgan fingerprint density at radius 3 is 2.62 bits per heavy atom. The summed E-state index contributed by atoms with van der Waals surface area (Å²) in [6.45, 7) is 5.50. The highest BCUT2D eigenvalue weighted by Crippen LogP contribution is 2.41. The molecule has 10 nitrogen and oxygen atoms in total.